The molecule has 0 spiro atoms. The molecule has 0 saturated heterocycles. The summed E-state index contributed by atoms with van der Waals surface area (Å²) < 4.78 is 0. The van der Waals surface area contributed by atoms with Gasteiger partial charge < -0.3 is 11.1 Å². The molecule has 2 aliphatic carbocycles. The first-order valence-corrected chi connectivity index (χ1v) is 5.58. The van der Waals surface area contributed by atoms with Crippen LogP contribution in [0, 0.1) is 11.3 Å². The lowest BCUT2D eigenvalue weighted by molar-refractivity contribution is 0.422. The van der Waals surface area contributed by atoms with Crippen LogP contribution in [0.4, 0.5) is 0 Å². The second kappa shape index (κ2) is 3.25. The highest BCUT2D eigenvalue weighted by Gasteiger charge is 2.45. The predicted octanol–water partition coefficient (Wildman–Crippen LogP) is 1.50. The Morgan fingerprint density at radius 1 is 1.38 bits per heavy atom. The quantitative estimate of drug-likeness (QED) is 0.694. The number of rotatable bonds is 3. The minimum absolute atomic E-state index is 0.467. The van der Waals surface area contributed by atoms with Crippen LogP contribution >= 0.6 is 0 Å². The Bertz CT molecular complexity index is 189. The summed E-state index contributed by atoms with van der Waals surface area (Å²) in [6.07, 6.45) is 5.25. The van der Waals surface area contributed by atoms with Gasteiger partial charge in [0.15, 0.2) is 0 Å². The monoisotopic (exact) mass is 182 g/mol. The van der Waals surface area contributed by atoms with Crippen molar-refractivity contribution in [3.05, 3.63) is 0 Å². The molecule has 0 heterocycles. The van der Waals surface area contributed by atoms with Crippen molar-refractivity contribution in [3.63, 3.8) is 0 Å². The fraction of sp³-hybridized carbons (Fsp3) is 1.00. The lowest BCUT2D eigenvalue weighted by Crippen LogP contribution is -2.35. The summed E-state index contributed by atoms with van der Waals surface area (Å²) >= 11 is 0. The SMILES string of the molecule is CC1(C)CC1NCC1CCCC1N. The fourth-order valence-corrected chi connectivity index (χ4v) is 2.43. The Kier molecular flexibility index (Phi) is 2.37. The summed E-state index contributed by atoms with van der Waals surface area (Å²) in [4.78, 5) is 0. The molecule has 2 heteroatoms. The topological polar surface area (TPSA) is 38.0 Å². The summed E-state index contributed by atoms with van der Waals surface area (Å²) in [5.74, 6) is 0.747. The standard InChI is InChI=1S/C11H22N2/c1-11(2)6-10(11)13-7-8-4-3-5-9(8)12/h8-10,13H,3-7,12H2,1-2H3. The summed E-state index contributed by atoms with van der Waals surface area (Å²) in [5.41, 5.74) is 6.57. The van der Waals surface area contributed by atoms with E-state index in [4.69, 9.17) is 5.73 Å². The highest BCUT2D eigenvalue weighted by Crippen LogP contribution is 2.44. The molecule has 2 saturated carbocycles. The zero-order chi connectivity index (χ0) is 9.47. The maximum absolute atomic E-state index is 6.01. The van der Waals surface area contributed by atoms with Crippen molar-refractivity contribution in [3.8, 4) is 0 Å². The van der Waals surface area contributed by atoms with Crippen molar-refractivity contribution >= 4 is 0 Å². The molecule has 2 rings (SSSR count). The van der Waals surface area contributed by atoms with E-state index in [-0.39, 0.29) is 0 Å². The molecule has 3 N–H and O–H groups in total. The summed E-state index contributed by atoms with van der Waals surface area (Å²) in [6.45, 7) is 5.81. The van der Waals surface area contributed by atoms with Crippen molar-refractivity contribution in [2.24, 2.45) is 17.1 Å². The lowest BCUT2D eigenvalue weighted by Gasteiger charge is -2.16. The molecular formula is C11H22N2. The smallest absolute Gasteiger partial charge is 0.0125 e. The Morgan fingerprint density at radius 3 is 2.54 bits per heavy atom. The van der Waals surface area contributed by atoms with Crippen molar-refractivity contribution in [2.75, 3.05) is 6.54 Å². The highest BCUT2D eigenvalue weighted by molar-refractivity contribution is 5.02. The van der Waals surface area contributed by atoms with Gasteiger partial charge in [-0.1, -0.05) is 20.3 Å². The van der Waals surface area contributed by atoms with E-state index in [2.05, 4.69) is 19.2 Å². The highest BCUT2D eigenvalue weighted by atomic mass is 15.0. The molecule has 0 aromatic rings. The van der Waals surface area contributed by atoms with Crippen LogP contribution in [0.2, 0.25) is 0 Å². The van der Waals surface area contributed by atoms with Gasteiger partial charge in [-0.05, 0) is 37.1 Å². The normalized spacial score (nSPS) is 42.2. The Hall–Kier alpha value is -0.0800. The van der Waals surface area contributed by atoms with E-state index < -0.39 is 0 Å². The van der Waals surface area contributed by atoms with E-state index in [0.717, 1.165) is 18.5 Å². The van der Waals surface area contributed by atoms with Gasteiger partial charge in [0.05, 0.1) is 0 Å². The van der Waals surface area contributed by atoms with E-state index in [0.29, 0.717) is 11.5 Å². The van der Waals surface area contributed by atoms with Gasteiger partial charge in [0, 0.05) is 12.1 Å². The van der Waals surface area contributed by atoms with Crippen molar-refractivity contribution in [1.82, 2.24) is 5.32 Å². The van der Waals surface area contributed by atoms with Gasteiger partial charge in [-0.15, -0.1) is 0 Å². The molecule has 3 unspecified atom stereocenters. The summed E-state index contributed by atoms with van der Waals surface area (Å²) in [5, 5.41) is 3.64. The van der Waals surface area contributed by atoms with Gasteiger partial charge in [0.25, 0.3) is 0 Å². The van der Waals surface area contributed by atoms with Crippen LogP contribution in [-0.2, 0) is 0 Å². The number of nitrogens with two attached hydrogens (primary N) is 1. The molecular weight excluding hydrogens is 160 g/mol. The number of nitrogens with one attached hydrogen (secondary N) is 1. The molecule has 76 valence electrons. The third kappa shape index (κ3) is 2.05. The average Bonchev–Trinajstić information content (AvgIpc) is 2.47. The summed E-state index contributed by atoms with van der Waals surface area (Å²) in [6, 6.07) is 1.23. The molecule has 0 radical (unpaired) electrons. The number of hydrogen-bond acceptors (Lipinski definition) is 2. The van der Waals surface area contributed by atoms with Gasteiger partial charge in [-0.3, -0.25) is 0 Å². The average molecular weight is 182 g/mol. The van der Waals surface area contributed by atoms with Crippen LogP contribution in [0.15, 0.2) is 0 Å². The second-order valence-electron chi connectivity index (χ2n) is 5.51. The first-order valence-electron chi connectivity index (χ1n) is 5.58. The first-order chi connectivity index (χ1) is 6.09. The zero-order valence-corrected chi connectivity index (χ0v) is 8.84. The fourth-order valence-electron chi connectivity index (χ4n) is 2.43. The molecule has 3 atom stereocenters. The van der Waals surface area contributed by atoms with Crippen molar-refractivity contribution in [1.29, 1.82) is 0 Å². The van der Waals surface area contributed by atoms with Crippen LogP contribution in [-0.4, -0.2) is 18.6 Å². The minimum Gasteiger partial charge on any atom is -0.327 e. The Labute approximate surface area is 81.3 Å². The zero-order valence-electron chi connectivity index (χ0n) is 8.84. The third-order valence-electron chi connectivity index (χ3n) is 3.86. The van der Waals surface area contributed by atoms with Crippen molar-refractivity contribution < 1.29 is 0 Å². The molecule has 0 aliphatic heterocycles. The van der Waals surface area contributed by atoms with Gasteiger partial charge in [0.2, 0.25) is 0 Å². The maximum atomic E-state index is 6.01. The molecule has 2 nitrogen and oxygen atoms in total. The molecule has 13 heavy (non-hydrogen) atoms. The minimum atomic E-state index is 0.467. The van der Waals surface area contributed by atoms with Crippen LogP contribution in [0.5, 0.6) is 0 Å². The molecule has 0 aromatic heterocycles. The van der Waals surface area contributed by atoms with Gasteiger partial charge in [0.1, 0.15) is 0 Å². The lowest BCUT2D eigenvalue weighted by atomic mass is 10.0. The van der Waals surface area contributed by atoms with E-state index >= 15 is 0 Å². The van der Waals surface area contributed by atoms with Crippen LogP contribution in [0.25, 0.3) is 0 Å². The Morgan fingerprint density at radius 2 is 2.08 bits per heavy atom. The third-order valence-corrected chi connectivity index (χ3v) is 3.86. The van der Waals surface area contributed by atoms with Gasteiger partial charge in [-0.2, -0.15) is 0 Å². The predicted molar refractivity (Wildman–Crippen MR) is 55.5 cm³/mol. The van der Waals surface area contributed by atoms with Crippen molar-refractivity contribution in [2.45, 2.75) is 51.6 Å². The van der Waals surface area contributed by atoms with E-state index in [1.165, 1.54) is 25.7 Å². The van der Waals surface area contributed by atoms with Gasteiger partial charge in [-0.25, -0.2) is 0 Å². The van der Waals surface area contributed by atoms with Crippen LogP contribution in [0.1, 0.15) is 39.5 Å². The maximum Gasteiger partial charge on any atom is 0.0125 e. The van der Waals surface area contributed by atoms with Gasteiger partial charge >= 0.3 is 0 Å². The largest absolute Gasteiger partial charge is 0.327 e. The number of hydrogen-bond donors (Lipinski definition) is 2. The Balaban J connectivity index is 1.68. The summed E-state index contributed by atoms with van der Waals surface area (Å²) in [7, 11) is 0. The van der Waals surface area contributed by atoms with Crippen LogP contribution in [0.3, 0.4) is 0 Å². The molecule has 0 bridgehead atoms. The van der Waals surface area contributed by atoms with Crippen LogP contribution < -0.4 is 11.1 Å². The van der Waals surface area contributed by atoms with E-state index in [1.54, 1.807) is 0 Å². The second-order valence-corrected chi connectivity index (χ2v) is 5.51. The first kappa shape index (κ1) is 9.47. The molecule has 0 amide bonds. The molecule has 0 aromatic carbocycles. The van der Waals surface area contributed by atoms with E-state index in [9.17, 15) is 0 Å². The van der Waals surface area contributed by atoms with E-state index in [1.807, 2.05) is 0 Å². The molecule has 2 aliphatic rings. The molecule has 2 fully saturated rings.